The van der Waals surface area contributed by atoms with Gasteiger partial charge in [0.1, 0.15) is 5.15 Å². The minimum atomic E-state index is -1.00. The predicted molar refractivity (Wildman–Crippen MR) is 60.0 cm³/mol. The van der Waals surface area contributed by atoms with Gasteiger partial charge in [-0.25, -0.2) is 9.78 Å². The largest absolute Gasteiger partial charge is 0.478 e. The van der Waals surface area contributed by atoms with E-state index in [1.165, 1.54) is 6.20 Å². The lowest BCUT2D eigenvalue weighted by Crippen LogP contribution is -2.01. The van der Waals surface area contributed by atoms with Crippen LogP contribution in [0, 0.1) is 6.92 Å². The fourth-order valence-corrected chi connectivity index (χ4v) is 1.27. The average Bonchev–Trinajstić information content (AvgIpc) is 2.17. The minimum Gasteiger partial charge on any atom is -0.478 e. The van der Waals surface area contributed by atoms with Crippen molar-refractivity contribution < 1.29 is 9.90 Å². The van der Waals surface area contributed by atoms with E-state index in [0.717, 1.165) is 0 Å². The van der Waals surface area contributed by atoms with Crippen molar-refractivity contribution in [2.45, 2.75) is 20.8 Å². The third kappa shape index (κ3) is 2.96. The summed E-state index contributed by atoms with van der Waals surface area (Å²) in [4.78, 5) is 14.3. The average molecular weight is 281 g/mol. The van der Waals surface area contributed by atoms with Gasteiger partial charge in [0.05, 0.1) is 10.0 Å². The highest BCUT2D eigenvalue weighted by atomic mass is 79.9. The SMILES string of the molecule is CC.Cc1c(C(=O)O)cnc(Cl)c1Br. The number of carboxylic acid groups (broad SMARTS) is 1. The molecule has 0 atom stereocenters. The normalized spacial score (nSPS) is 8.93. The van der Waals surface area contributed by atoms with Gasteiger partial charge in [0.25, 0.3) is 0 Å². The summed E-state index contributed by atoms with van der Waals surface area (Å²) in [5, 5.41) is 8.95. The first kappa shape index (κ1) is 13.4. The Morgan fingerprint density at radius 2 is 2.07 bits per heavy atom. The van der Waals surface area contributed by atoms with Crippen LogP contribution in [0.2, 0.25) is 5.15 Å². The molecule has 0 saturated heterocycles. The second kappa shape index (κ2) is 5.98. The van der Waals surface area contributed by atoms with Crippen molar-refractivity contribution in [1.29, 1.82) is 0 Å². The van der Waals surface area contributed by atoms with Gasteiger partial charge < -0.3 is 5.11 Å². The molecular weight excluding hydrogens is 269 g/mol. The van der Waals surface area contributed by atoms with Gasteiger partial charge in [-0.3, -0.25) is 0 Å². The van der Waals surface area contributed by atoms with Crippen molar-refractivity contribution in [3.63, 3.8) is 0 Å². The molecule has 3 nitrogen and oxygen atoms in total. The molecule has 0 radical (unpaired) electrons. The first-order chi connectivity index (χ1) is 6.54. The summed E-state index contributed by atoms with van der Waals surface area (Å²) in [6.07, 6.45) is 1.24. The standard InChI is InChI=1S/C7H5BrClNO2.C2H6/c1-3-4(7(11)12)2-10-6(9)5(3)8;1-2/h2H,1H3,(H,11,12);1-2H3. The zero-order valence-corrected chi connectivity index (χ0v) is 10.5. The Labute approximate surface area is 96.2 Å². The molecule has 0 fully saturated rings. The van der Waals surface area contributed by atoms with E-state index < -0.39 is 5.97 Å². The van der Waals surface area contributed by atoms with Crippen molar-refractivity contribution in [3.05, 3.63) is 26.9 Å². The summed E-state index contributed by atoms with van der Waals surface area (Å²) in [5.74, 6) is -1.00. The Balaban J connectivity index is 0.000000791. The molecule has 1 heterocycles. The molecule has 1 aromatic rings. The fourth-order valence-electron chi connectivity index (χ4n) is 0.763. The van der Waals surface area contributed by atoms with Crippen LogP contribution >= 0.6 is 27.5 Å². The van der Waals surface area contributed by atoms with Crippen molar-refractivity contribution in [1.82, 2.24) is 4.98 Å². The number of carbonyl (C=O) groups is 1. The van der Waals surface area contributed by atoms with E-state index in [0.29, 0.717) is 10.0 Å². The highest BCUT2D eigenvalue weighted by molar-refractivity contribution is 9.10. The molecule has 1 rings (SSSR count). The molecule has 0 aliphatic heterocycles. The molecule has 0 unspecified atom stereocenters. The molecule has 14 heavy (non-hydrogen) atoms. The van der Waals surface area contributed by atoms with Gasteiger partial charge in [0.15, 0.2) is 0 Å². The van der Waals surface area contributed by atoms with Crippen molar-refractivity contribution in [2.24, 2.45) is 0 Å². The summed E-state index contributed by atoms with van der Waals surface area (Å²) in [5.41, 5.74) is 0.744. The summed E-state index contributed by atoms with van der Waals surface area (Å²) < 4.78 is 0.532. The second-order valence-corrected chi connectivity index (χ2v) is 3.36. The van der Waals surface area contributed by atoms with E-state index in [1.54, 1.807) is 6.92 Å². The highest BCUT2D eigenvalue weighted by Crippen LogP contribution is 2.25. The van der Waals surface area contributed by atoms with Crippen LogP contribution in [0.4, 0.5) is 0 Å². The molecule has 0 bridgehead atoms. The highest BCUT2D eigenvalue weighted by Gasteiger charge is 2.12. The Kier molecular flexibility index (Phi) is 5.72. The molecule has 0 spiro atoms. The number of nitrogens with zero attached hydrogens (tertiary/aromatic N) is 1. The van der Waals surface area contributed by atoms with Crippen LogP contribution < -0.4 is 0 Å². The third-order valence-electron chi connectivity index (χ3n) is 1.45. The van der Waals surface area contributed by atoms with Crippen molar-refractivity contribution in [2.75, 3.05) is 0 Å². The van der Waals surface area contributed by atoms with Gasteiger partial charge >= 0.3 is 5.97 Å². The maximum absolute atomic E-state index is 10.6. The van der Waals surface area contributed by atoms with E-state index in [9.17, 15) is 4.79 Å². The zero-order valence-electron chi connectivity index (χ0n) is 8.14. The lowest BCUT2D eigenvalue weighted by molar-refractivity contribution is 0.0695. The van der Waals surface area contributed by atoms with Crippen molar-refractivity contribution >= 4 is 33.5 Å². The number of aromatic nitrogens is 1. The first-order valence-corrected chi connectivity index (χ1v) is 5.25. The Hall–Kier alpha value is -0.610. The monoisotopic (exact) mass is 279 g/mol. The summed E-state index contributed by atoms with van der Waals surface area (Å²) >= 11 is 8.78. The smallest absolute Gasteiger partial charge is 0.337 e. The molecule has 0 aromatic carbocycles. The summed E-state index contributed by atoms with van der Waals surface area (Å²) in [6.45, 7) is 5.67. The number of hydrogen-bond donors (Lipinski definition) is 1. The van der Waals surface area contributed by atoms with E-state index in [2.05, 4.69) is 20.9 Å². The Morgan fingerprint density at radius 1 is 1.57 bits per heavy atom. The lowest BCUT2D eigenvalue weighted by Gasteiger charge is -2.02. The number of carboxylic acids is 1. The molecule has 0 aliphatic rings. The number of halogens is 2. The van der Waals surface area contributed by atoms with Gasteiger partial charge in [-0.2, -0.15) is 0 Å². The maximum Gasteiger partial charge on any atom is 0.337 e. The lowest BCUT2D eigenvalue weighted by atomic mass is 10.2. The fraction of sp³-hybridized carbons (Fsp3) is 0.333. The molecule has 78 valence electrons. The summed E-state index contributed by atoms with van der Waals surface area (Å²) in [7, 11) is 0. The van der Waals surface area contributed by atoms with Gasteiger partial charge in [0.2, 0.25) is 0 Å². The summed E-state index contributed by atoms with van der Waals surface area (Å²) in [6, 6.07) is 0. The molecule has 1 aromatic heterocycles. The van der Waals surface area contributed by atoms with E-state index in [-0.39, 0.29) is 10.7 Å². The quantitative estimate of drug-likeness (QED) is 0.801. The van der Waals surface area contributed by atoms with Gasteiger partial charge in [-0.05, 0) is 28.4 Å². The number of pyridine rings is 1. The molecule has 0 aliphatic carbocycles. The predicted octanol–water partition coefficient (Wildman–Crippen LogP) is 3.53. The van der Waals surface area contributed by atoms with Crippen molar-refractivity contribution in [3.8, 4) is 0 Å². The van der Waals surface area contributed by atoms with Crippen LogP contribution in [0.15, 0.2) is 10.7 Å². The minimum absolute atomic E-state index is 0.159. The molecule has 5 heteroatoms. The molecule has 1 N–H and O–H groups in total. The topological polar surface area (TPSA) is 50.2 Å². The van der Waals surface area contributed by atoms with E-state index in [4.69, 9.17) is 16.7 Å². The van der Waals surface area contributed by atoms with E-state index >= 15 is 0 Å². The number of rotatable bonds is 1. The van der Waals surface area contributed by atoms with Crippen LogP contribution in [-0.2, 0) is 0 Å². The number of aromatic carboxylic acids is 1. The molecule has 0 saturated carbocycles. The molecular formula is C9H11BrClNO2. The Bertz CT molecular complexity index is 342. The van der Waals surface area contributed by atoms with Crippen LogP contribution in [0.1, 0.15) is 29.8 Å². The van der Waals surface area contributed by atoms with Crippen LogP contribution in [0.5, 0.6) is 0 Å². The van der Waals surface area contributed by atoms with Crippen LogP contribution in [0.25, 0.3) is 0 Å². The zero-order chi connectivity index (χ0) is 11.3. The number of hydrogen-bond acceptors (Lipinski definition) is 2. The molecule has 0 amide bonds. The van der Waals surface area contributed by atoms with Gasteiger partial charge in [0, 0.05) is 6.20 Å². The van der Waals surface area contributed by atoms with Crippen LogP contribution in [0.3, 0.4) is 0 Å². The van der Waals surface area contributed by atoms with Gasteiger partial charge in [-0.1, -0.05) is 25.4 Å². The first-order valence-electron chi connectivity index (χ1n) is 4.08. The van der Waals surface area contributed by atoms with Gasteiger partial charge in [-0.15, -0.1) is 0 Å². The van der Waals surface area contributed by atoms with Crippen LogP contribution in [-0.4, -0.2) is 16.1 Å². The Morgan fingerprint density at radius 3 is 2.50 bits per heavy atom. The maximum atomic E-state index is 10.6. The third-order valence-corrected chi connectivity index (χ3v) is 2.94. The van der Waals surface area contributed by atoms with E-state index in [1.807, 2.05) is 13.8 Å². The second-order valence-electron chi connectivity index (χ2n) is 2.21.